The number of likely N-dealkylation sites (N-methyl/N-ethyl adjacent to an activating group) is 1. The summed E-state index contributed by atoms with van der Waals surface area (Å²) < 4.78 is 34.1. The van der Waals surface area contributed by atoms with Crippen molar-refractivity contribution in [1.29, 1.82) is 0 Å². The van der Waals surface area contributed by atoms with E-state index in [4.69, 9.17) is 18.5 Å². The number of quaternary nitrogens is 1. The highest BCUT2D eigenvalue weighted by Gasteiger charge is 2.27. The fourth-order valence-electron chi connectivity index (χ4n) is 5.32. The van der Waals surface area contributed by atoms with Gasteiger partial charge in [-0.25, -0.2) is 4.57 Å². The van der Waals surface area contributed by atoms with Gasteiger partial charge in [-0.1, -0.05) is 146 Å². The number of unbranched alkanes of at least 4 members (excludes halogenated alkanes) is 15. The summed E-state index contributed by atoms with van der Waals surface area (Å²) in [5.74, 6) is -0.905. The van der Waals surface area contributed by atoms with Crippen LogP contribution < -0.4 is 0 Å². The van der Waals surface area contributed by atoms with Gasteiger partial charge in [0, 0.05) is 12.8 Å². The number of hydrogen-bond donors (Lipinski definition) is 2. The molecule has 0 spiro atoms. The minimum absolute atomic E-state index is 0.0129. The van der Waals surface area contributed by atoms with Crippen molar-refractivity contribution in [2.24, 2.45) is 0 Å². The molecule has 54 heavy (non-hydrogen) atoms. The van der Waals surface area contributed by atoms with Crippen LogP contribution >= 0.6 is 7.82 Å². The zero-order valence-corrected chi connectivity index (χ0v) is 35.7. The van der Waals surface area contributed by atoms with Gasteiger partial charge in [-0.3, -0.25) is 18.6 Å². The Morgan fingerprint density at radius 2 is 1.24 bits per heavy atom. The Morgan fingerprint density at radius 3 is 1.89 bits per heavy atom. The summed E-state index contributed by atoms with van der Waals surface area (Å²) in [6.07, 6.45) is 36.2. The van der Waals surface area contributed by atoms with Crippen LogP contribution in [0.5, 0.6) is 0 Å². The number of phosphoric ester groups is 1. The number of nitrogens with zero attached hydrogens (tertiary/aromatic N) is 1. The third kappa shape index (κ3) is 38.2. The Balaban J connectivity index is 4.54. The van der Waals surface area contributed by atoms with Crippen molar-refractivity contribution in [3.63, 3.8) is 0 Å². The summed E-state index contributed by atoms with van der Waals surface area (Å²) in [7, 11) is 1.41. The van der Waals surface area contributed by atoms with Crippen molar-refractivity contribution < 1.29 is 47.2 Å². The number of allylic oxidation sites excluding steroid dienone is 6. The minimum Gasteiger partial charge on any atom is -0.462 e. The fraction of sp³-hybridized carbons (Fsp3) is 0.767. The molecule has 11 heteroatoms. The second-order valence-electron chi connectivity index (χ2n) is 15.2. The predicted molar refractivity (Wildman–Crippen MR) is 221 cm³/mol. The first kappa shape index (κ1) is 51.9. The zero-order valence-electron chi connectivity index (χ0n) is 34.8. The standard InChI is InChI=1S/C43H78NO9P/c1-6-8-10-12-14-15-16-17-18-23-27-31-35-43(47)53-41(39-52-54(48,49)51-37-36-44(3,4)5)38-50-42(46)34-30-26-22-20-19-21-25-29-33-40(45)32-28-24-13-11-9-7-2/h20-22,24-25,28-29,33,40-41,45H,6-19,23,26-27,30-32,34-39H2,1-5H3/p+1/b22-20-,25-21-,28-24-,33-29+/t40-,41-/m1/s1. The molecule has 0 aromatic carbocycles. The van der Waals surface area contributed by atoms with Crippen molar-refractivity contribution in [3.8, 4) is 0 Å². The van der Waals surface area contributed by atoms with Gasteiger partial charge in [0.05, 0.1) is 33.9 Å². The highest BCUT2D eigenvalue weighted by molar-refractivity contribution is 7.47. The van der Waals surface area contributed by atoms with Crippen LogP contribution in [0.3, 0.4) is 0 Å². The van der Waals surface area contributed by atoms with Gasteiger partial charge < -0.3 is 24.0 Å². The summed E-state index contributed by atoms with van der Waals surface area (Å²) in [5.41, 5.74) is 0. The molecule has 0 bridgehead atoms. The van der Waals surface area contributed by atoms with Crippen molar-refractivity contribution in [2.75, 3.05) is 47.5 Å². The van der Waals surface area contributed by atoms with E-state index < -0.39 is 38.6 Å². The molecule has 314 valence electrons. The van der Waals surface area contributed by atoms with Gasteiger partial charge in [-0.15, -0.1) is 0 Å². The topological polar surface area (TPSA) is 129 Å². The van der Waals surface area contributed by atoms with Crippen LogP contribution in [-0.2, 0) is 32.7 Å². The fourth-order valence-corrected chi connectivity index (χ4v) is 6.07. The van der Waals surface area contributed by atoms with E-state index in [0.29, 0.717) is 36.7 Å². The number of carbonyl (C=O) groups excluding carboxylic acids is 2. The Morgan fingerprint density at radius 1 is 0.667 bits per heavy atom. The lowest BCUT2D eigenvalue weighted by molar-refractivity contribution is -0.870. The molecule has 0 fully saturated rings. The van der Waals surface area contributed by atoms with Crippen molar-refractivity contribution in [2.45, 2.75) is 167 Å². The second kappa shape index (κ2) is 35.4. The molecule has 0 amide bonds. The third-order valence-corrected chi connectivity index (χ3v) is 9.68. The zero-order chi connectivity index (χ0) is 40.2. The summed E-state index contributed by atoms with van der Waals surface area (Å²) in [4.78, 5) is 35.2. The Labute approximate surface area is 329 Å². The average Bonchev–Trinajstić information content (AvgIpc) is 3.11. The number of phosphoric acid groups is 1. The summed E-state index contributed by atoms with van der Waals surface area (Å²) in [5, 5.41) is 10.0. The maximum atomic E-state index is 12.6. The number of rotatable bonds is 37. The van der Waals surface area contributed by atoms with Crippen LogP contribution in [0.1, 0.15) is 155 Å². The Hall–Kier alpha value is -2.07. The molecule has 0 radical (unpaired) electrons. The molecule has 0 saturated carbocycles. The lowest BCUT2D eigenvalue weighted by atomic mass is 10.0. The van der Waals surface area contributed by atoms with E-state index in [9.17, 15) is 24.2 Å². The number of carbonyl (C=O) groups is 2. The monoisotopic (exact) mass is 785 g/mol. The summed E-state index contributed by atoms with van der Waals surface area (Å²) in [6, 6.07) is 0. The quantitative estimate of drug-likeness (QED) is 0.0158. The molecule has 0 aliphatic heterocycles. The highest BCUT2D eigenvalue weighted by Crippen LogP contribution is 2.43. The molecular weight excluding hydrogens is 705 g/mol. The van der Waals surface area contributed by atoms with E-state index >= 15 is 0 Å². The van der Waals surface area contributed by atoms with Crippen LogP contribution in [0, 0.1) is 0 Å². The molecule has 0 aromatic heterocycles. The van der Waals surface area contributed by atoms with E-state index in [-0.39, 0.29) is 26.1 Å². The normalized spacial score (nSPS) is 14.7. The first-order valence-corrected chi connectivity index (χ1v) is 22.5. The van der Waals surface area contributed by atoms with E-state index in [2.05, 4.69) is 19.9 Å². The molecule has 3 atom stereocenters. The first-order valence-electron chi connectivity index (χ1n) is 21.0. The second-order valence-corrected chi connectivity index (χ2v) is 16.7. The van der Waals surface area contributed by atoms with Gasteiger partial charge in [0.1, 0.15) is 19.8 Å². The number of ether oxygens (including phenoxy) is 2. The average molecular weight is 785 g/mol. The maximum absolute atomic E-state index is 12.6. The molecule has 2 N–H and O–H groups in total. The Kier molecular flexibility index (Phi) is 34.0. The number of esters is 2. The van der Waals surface area contributed by atoms with Crippen molar-refractivity contribution >= 4 is 19.8 Å². The van der Waals surface area contributed by atoms with E-state index in [1.54, 1.807) is 6.08 Å². The van der Waals surface area contributed by atoms with Crippen LogP contribution in [0.4, 0.5) is 0 Å². The smallest absolute Gasteiger partial charge is 0.462 e. The van der Waals surface area contributed by atoms with Crippen LogP contribution in [-0.4, -0.2) is 86.1 Å². The van der Waals surface area contributed by atoms with Gasteiger partial charge in [-0.2, -0.15) is 0 Å². The van der Waals surface area contributed by atoms with Gasteiger partial charge in [-0.05, 0) is 44.9 Å². The largest absolute Gasteiger partial charge is 0.472 e. The molecule has 10 nitrogen and oxygen atoms in total. The SMILES string of the molecule is CCCCC/C=C\C[C@@H](O)/C=C/C=C\C/C=C\CCCC(=O)OC[C@H](COP(=O)(O)OCC[N+](C)(C)C)OC(=O)CCCCCCCCCCCCCC. The lowest BCUT2D eigenvalue weighted by Gasteiger charge is -2.24. The third-order valence-electron chi connectivity index (χ3n) is 8.69. The minimum atomic E-state index is -4.40. The van der Waals surface area contributed by atoms with Crippen LogP contribution in [0.25, 0.3) is 0 Å². The molecule has 0 aliphatic rings. The van der Waals surface area contributed by atoms with Crippen molar-refractivity contribution in [3.05, 3.63) is 48.6 Å². The van der Waals surface area contributed by atoms with Crippen LogP contribution in [0.15, 0.2) is 48.6 Å². The number of aliphatic hydroxyl groups excluding tert-OH is 1. The van der Waals surface area contributed by atoms with Crippen LogP contribution in [0.2, 0.25) is 0 Å². The molecule has 1 unspecified atom stereocenters. The molecule has 0 aromatic rings. The van der Waals surface area contributed by atoms with E-state index in [1.807, 2.05) is 57.6 Å². The highest BCUT2D eigenvalue weighted by atomic mass is 31.2. The Bertz CT molecular complexity index is 1080. The maximum Gasteiger partial charge on any atom is 0.472 e. The molecular formula is C43H79NO9P+. The van der Waals surface area contributed by atoms with Gasteiger partial charge in [0.15, 0.2) is 6.10 Å². The van der Waals surface area contributed by atoms with Gasteiger partial charge >= 0.3 is 19.8 Å². The predicted octanol–water partition coefficient (Wildman–Crippen LogP) is 10.5. The lowest BCUT2D eigenvalue weighted by Crippen LogP contribution is -2.37. The number of aliphatic hydroxyl groups is 1. The molecule has 0 aliphatic carbocycles. The van der Waals surface area contributed by atoms with Crippen molar-refractivity contribution in [1.82, 2.24) is 0 Å². The summed E-state index contributed by atoms with van der Waals surface area (Å²) in [6.45, 7) is 4.22. The van der Waals surface area contributed by atoms with E-state index in [0.717, 1.165) is 32.1 Å². The molecule has 0 heterocycles. The summed E-state index contributed by atoms with van der Waals surface area (Å²) >= 11 is 0. The van der Waals surface area contributed by atoms with E-state index in [1.165, 1.54) is 70.6 Å². The number of hydrogen-bond acceptors (Lipinski definition) is 8. The molecule has 0 rings (SSSR count). The molecule has 0 saturated heterocycles. The first-order chi connectivity index (χ1) is 25.9. The van der Waals surface area contributed by atoms with Gasteiger partial charge in [0.25, 0.3) is 0 Å². The van der Waals surface area contributed by atoms with Gasteiger partial charge in [0.2, 0.25) is 0 Å².